The highest BCUT2D eigenvalue weighted by Gasteiger charge is 2.14. The second kappa shape index (κ2) is 5.50. The molecular weight excluding hydrogens is 279 g/mol. The van der Waals surface area contributed by atoms with E-state index in [0.717, 1.165) is 5.56 Å². The molecule has 0 saturated heterocycles. The Balaban J connectivity index is 2.19. The van der Waals surface area contributed by atoms with E-state index in [-0.39, 0.29) is 11.4 Å². The van der Waals surface area contributed by atoms with Crippen LogP contribution in [0.25, 0.3) is 0 Å². The van der Waals surface area contributed by atoms with Crippen molar-refractivity contribution in [3.05, 3.63) is 59.4 Å². The second-order valence-electron chi connectivity index (χ2n) is 4.59. The van der Waals surface area contributed by atoms with Gasteiger partial charge in [0, 0.05) is 5.69 Å². The van der Waals surface area contributed by atoms with Crippen LogP contribution in [0.1, 0.15) is 11.1 Å². The zero-order valence-electron chi connectivity index (χ0n) is 10.9. The van der Waals surface area contributed by atoms with Gasteiger partial charge >= 0.3 is 0 Å². The predicted molar refractivity (Wildman–Crippen MR) is 78.2 cm³/mol. The highest BCUT2D eigenvalue weighted by atomic mass is 32.2. The summed E-state index contributed by atoms with van der Waals surface area (Å²) in [6, 6.07) is 10.8. The topological polar surface area (TPSA) is 72.2 Å². The Morgan fingerprint density at radius 1 is 1.15 bits per heavy atom. The molecule has 20 heavy (non-hydrogen) atoms. The number of nitrogens with two attached hydrogens (primary N) is 1. The lowest BCUT2D eigenvalue weighted by atomic mass is 10.2. The normalized spacial score (nSPS) is 11.3. The number of nitrogens with one attached hydrogen (secondary N) is 1. The van der Waals surface area contributed by atoms with E-state index in [1.165, 1.54) is 12.1 Å². The lowest BCUT2D eigenvalue weighted by molar-refractivity contribution is 0.598. The standard InChI is InChI=1S/C14H15FN2O2S/c1-10-2-7-13(15)14(8-10)17-20(18,19)9-11-3-5-12(16)6-4-11/h2-8,17H,9,16H2,1H3. The molecule has 0 aliphatic carbocycles. The molecule has 2 rings (SSSR count). The first kappa shape index (κ1) is 14.3. The first-order valence-corrected chi connectivity index (χ1v) is 7.62. The minimum Gasteiger partial charge on any atom is -0.399 e. The molecule has 2 aromatic carbocycles. The molecule has 0 heterocycles. The van der Waals surface area contributed by atoms with E-state index in [0.29, 0.717) is 11.3 Å². The fourth-order valence-corrected chi connectivity index (χ4v) is 2.95. The van der Waals surface area contributed by atoms with Gasteiger partial charge in [-0.05, 0) is 42.3 Å². The van der Waals surface area contributed by atoms with Crippen molar-refractivity contribution in [2.45, 2.75) is 12.7 Å². The van der Waals surface area contributed by atoms with Gasteiger partial charge in [-0.1, -0.05) is 18.2 Å². The summed E-state index contributed by atoms with van der Waals surface area (Å²) in [5.41, 5.74) is 7.41. The van der Waals surface area contributed by atoms with Crippen molar-refractivity contribution in [2.75, 3.05) is 10.5 Å². The van der Waals surface area contributed by atoms with Gasteiger partial charge in [0.25, 0.3) is 0 Å². The first-order chi connectivity index (χ1) is 9.35. The van der Waals surface area contributed by atoms with Gasteiger partial charge in [-0.25, -0.2) is 12.8 Å². The number of anilines is 2. The average Bonchev–Trinajstić information content (AvgIpc) is 2.36. The van der Waals surface area contributed by atoms with Gasteiger partial charge in [-0.3, -0.25) is 4.72 Å². The second-order valence-corrected chi connectivity index (χ2v) is 6.31. The summed E-state index contributed by atoms with van der Waals surface area (Å²) in [5.74, 6) is -0.836. The summed E-state index contributed by atoms with van der Waals surface area (Å²) in [4.78, 5) is 0. The monoisotopic (exact) mass is 294 g/mol. The highest BCUT2D eigenvalue weighted by Crippen LogP contribution is 2.19. The predicted octanol–water partition coefficient (Wildman–Crippen LogP) is 2.66. The molecule has 0 unspecified atom stereocenters. The van der Waals surface area contributed by atoms with Gasteiger partial charge in [-0.15, -0.1) is 0 Å². The number of halogens is 1. The molecule has 0 aliphatic heterocycles. The molecule has 0 aliphatic rings. The maximum atomic E-state index is 13.5. The SMILES string of the molecule is Cc1ccc(F)c(NS(=O)(=O)Cc2ccc(N)cc2)c1. The lowest BCUT2D eigenvalue weighted by Gasteiger charge is -2.10. The first-order valence-electron chi connectivity index (χ1n) is 5.97. The van der Waals surface area contributed by atoms with Crippen LogP contribution >= 0.6 is 0 Å². The molecule has 0 saturated carbocycles. The van der Waals surface area contributed by atoms with E-state index in [2.05, 4.69) is 4.72 Å². The Bertz CT molecular complexity index is 712. The number of benzene rings is 2. The summed E-state index contributed by atoms with van der Waals surface area (Å²) >= 11 is 0. The molecular formula is C14H15FN2O2S. The van der Waals surface area contributed by atoms with Crippen molar-refractivity contribution in [2.24, 2.45) is 0 Å². The largest absolute Gasteiger partial charge is 0.399 e. The van der Waals surface area contributed by atoms with Gasteiger partial charge < -0.3 is 5.73 Å². The van der Waals surface area contributed by atoms with E-state index in [9.17, 15) is 12.8 Å². The van der Waals surface area contributed by atoms with Crippen molar-refractivity contribution in [1.29, 1.82) is 0 Å². The number of aryl methyl sites for hydroxylation is 1. The van der Waals surface area contributed by atoms with Crippen LogP contribution in [0, 0.1) is 12.7 Å². The van der Waals surface area contributed by atoms with Crippen LogP contribution in [0.2, 0.25) is 0 Å². The van der Waals surface area contributed by atoms with Crippen molar-refractivity contribution >= 4 is 21.4 Å². The molecule has 0 atom stereocenters. The number of nitrogen functional groups attached to an aromatic ring is 1. The van der Waals surface area contributed by atoms with Gasteiger partial charge in [0.2, 0.25) is 10.0 Å². The van der Waals surface area contributed by atoms with Crippen LogP contribution in [0.3, 0.4) is 0 Å². The molecule has 0 radical (unpaired) electrons. The number of hydrogen-bond donors (Lipinski definition) is 2. The minimum atomic E-state index is -3.67. The average molecular weight is 294 g/mol. The van der Waals surface area contributed by atoms with Crippen molar-refractivity contribution in [3.63, 3.8) is 0 Å². The summed E-state index contributed by atoms with van der Waals surface area (Å²) in [7, 11) is -3.67. The highest BCUT2D eigenvalue weighted by molar-refractivity contribution is 7.91. The molecule has 106 valence electrons. The molecule has 0 amide bonds. The van der Waals surface area contributed by atoms with Gasteiger partial charge in [0.1, 0.15) is 5.82 Å². The molecule has 0 fully saturated rings. The zero-order chi connectivity index (χ0) is 14.8. The van der Waals surface area contributed by atoms with Crippen LogP contribution in [0.5, 0.6) is 0 Å². The molecule has 3 N–H and O–H groups in total. The smallest absolute Gasteiger partial charge is 0.237 e. The van der Waals surface area contributed by atoms with Crippen LogP contribution in [-0.4, -0.2) is 8.42 Å². The van der Waals surface area contributed by atoms with E-state index < -0.39 is 15.8 Å². The summed E-state index contributed by atoms with van der Waals surface area (Å²) in [6.45, 7) is 1.76. The zero-order valence-corrected chi connectivity index (χ0v) is 11.7. The molecule has 0 aromatic heterocycles. The maximum Gasteiger partial charge on any atom is 0.237 e. The van der Waals surface area contributed by atoms with Gasteiger partial charge in [0.05, 0.1) is 11.4 Å². The number of sulfonamides is 1. The Hall–Kier alpha value is -2.08. The molecule has 0 bridgehead atoms. The molecule has 4 nitrogen and oxygen atoms in total. The number of rotatable bonds is 4. The van der Waals surface area contributed by atoms with Crippen molar-refractivity contribution in [1.82, 2.24) is 0 Å². The van der Waals surface area contributed by atoms with Crippen LogP contribution in [-0.2, 0) is 15.8 Å². The summed E-state index contributed by atoms with van der Waals surface area (Å²) in [5, 5.41) is 0. The van der Waals surface area contributed by atoms with E-state index in [4.69, 9.17) is 5.73 Å². The van der Waals surface area contributed by atoms with Crippen LogP contribution in [0.4, 0.5) is 15.8 Å². The summed E-state index contributed by atoms with van der Waals surface area (Å²) < 4.78 is 39.8. The van der Waals surface area contributed by atoms with Crippen LogP contribution < -0.4 is 10.5 Å². The van der Waals surface area contributed by atoms with Crippen molar-refractivity contribution < 1.29 is 12.8 Å². The number of hydrogen-bond acceptors (Lipinski definition) is 3. The Morgan fingerprint density at radius 3 is 2.45 bits per heavy atom. The van der Waals surface area contributed by atoms with Crippen molar-refractivity contribution in [3.8, 4) is 0 Å². The molecule has 2 aromatic rings. The third-order valence-electron chi connectivity index (χ3n) is 2.72. The molecule has 6 heteroatoms. The Morgan fingerprint density at radius 2 is 1.80 bits per heavy atom. The van der Waals surface area contributed by atoms with E-state index >= 15 is 0 Å². The Labute approximate surface area is 117 Å². The maximum absolute atomic E-state index is 13.5. The van der Waals surface area contributed by atoms with Gasteiger partial charge in [-0.2, -0.15) is 0 Å². The van der Waals surface area contributed by atoms with Gasteiger partial charge in [0.15, 0.2) is 0 Å². The minimum absolute atomic E-state index is 0.0413. The third-order valence-corrected chi connectivity index (χ3v) is 3.97. The quantitative estimate of drug-likeness (QED) is 0.851. The fraction of sp³-hybridized carbons (Fsp3) is 0.143. The Kier molecular flexibility index (Phi) is 3.94. The van der Waals surface area contributed by atoms with E-state index in [1.54, 1.807) is 37.3 Å². The lowest BCUT2D eigenvalue weighted by Crippen LogP contribution is -2.16. The third kappa shape index (κ3) is 3.71. The molecule has 0 spiro atoms. The van der Waals surface area contributed by atoms with Crippen LogP contribution in [0.15, 0.2) is 42.5 Å². The summed E-state index contributed by atoms with van der Waals surface area (Å²) in [6.07, 6.45) is 0. The van der Waals surface area contributed by atoms with E-state index in [1.807, 2.05) is 0 Å². The fourth-order valence-electron chi connectivity index (χ4n) is 1.75.